The third kappa shape index (κ3) is 6.01. The summed E-state index contributed by atoms with van der Waals surface area (Å²) in [6, 6.07) is 5.72. The number of carboxylic acid groups (broad SMARTS) is 1. The fraction of sp³-hybridized carbons (Fsp3) is 0.480. The van der Waals surface area contributed by atoms with Crippen LogP contribution in [0.1, 0.15) is 50.3 Å². The molecule has 1 heterocycles. The van der Waals surface area contributed by atoms with E-state index in [1.807, 2.05) is 6.92 Å². The number of ether oxygens (including phenoxy) is 2. The predicted molar refractivity (Wildman–Crippen MR) is 121 cm³/mol. The van der Waals surface area contributed by atoms with E-state index in [-0.39, 0.29) is 11.7 Å². The summed E-state index contributed by atoms with van der Waals surface area (Å²) in [5, 5.41) is 9.28. The number of nitrogens with zero attached hydrogens (tertiary/aromatic N) is 2. The molecular formula is C25H30F2N2O5. The third-order valence-corrected chi connectivity index (χ3v) is 5.99. The van der Waals surface area contributed by atoms with E-state index >= 15 is 0 Å². The van der Waals surface area contributed by atoms with Gasteiger partial charge in [0.1, 0.15) is 12.4 Å². The number of pyridine rings is 1. The number of benzene rings is 1. The van der Waals surface area contributed by atoms with Gasteiger partial charge in [-0.3, -0.25) is 4.79 Å². The summed E-state index contributed by atoms with van der Waals surface area (Å²) < 4.78 is 39.8. The van der Waals surface area contributed by atoms with Gasteiger partial charge in [0.2, 0.25) is 0 Å². The van der Waals surface area contributed by atoms with Crippen molar-refractivity contribution in [3.8, 4) is 17.0 Å². The molecule has 1 aromatic carbocycles. The van der Waals surface area contributed by atoms with E-state index in [1.165, 1.54) is 11.0 Å². The van der Waals surface area contributed by atoms with Crippen molar-refractivity contribution in [3.05, 3.63) is 47.2 Å². The van der Waals surface area contributed by atoms with Gasteiger partial charge in [0, 0.05) is 24.7 Å². The highest BCUT2D eigenvalue weighted by molar-refractivity contribution is 5.70. The molecule has 1 aliphatic rings. The number of amides is 1. The minimum Gasteiger partial charge on any atom is -0.489 e. The molecular weight excluding hydrogens is 446 g/mol. The number of hydrogen-bond acceptors (Lipinski definition) is 5. The SMILES string of the molecule is CCCN(C)C(=O)OCc1c(-c2ccc(OC3CCCC(C(=O)O)C3)c(C)n2)ccc(F)c1F. The molecule has 1 N–H and O–H groups in total. The summed E-state index contributed by atoms with van der Waals surface area (Å²) in [7, 11) is 1.57. The minimum absolute atomic E-state index is 0.101. The highest BCUT2D eigenvalue weighted by atomic mass is 19.2. The first kappa shape index (κ1) is 25.4. The van der Waals surface area contributed by atoms with Crippen LogP contribution in [0.2, 0.25) is 0 Å². The summed E-state index contributed by atoms with van der Waals surface area (Å²) >= 11 is 0. The van der Waals surface area contributed by atoms with Crippen LogP contribution in [-0.4, -0.2) is 46.7 Å². The van der Waals surface area contributed by atoms with Crippen LogP contribution in [0.3, 0.4) is 0 Å². The van der Waals surface area contributed by atoms with Gasteiger partial charge in [-0.2, -0.15) is 0 Å². The maximum atomic E-state index is 14.7. The quantitative estimate of drug-likeness (QED) is 0.554. The number of carboxylic acids is 1. The molecule has 7 nitrogen and oxygen atoms in total. The van der Waals surface area contributed by atoms with Crippen molar-refractivity contribution in [1.29, 1.82) is 0 Å². The van der Waals surface area contributed by atoms with Crippen LogP contribution in [0.25, 0.3) is 11.3 Å². The van der Waals surface area contributed by atoms with Gasteiger partial charge in [-0.05, 0) is 63.3 Å². The lowest BCUT2D eigenvalue weighted by Crippen LogP contribution is -2.29. The monoisotopic (exact) mass is 476 g/mol. The fourth-order valence-electron chi connectivity index (χ4n) is 4.12. The largest absolute Gasteiger partial charge is 0.489 e. The van der Waals surface area contributed by atoms with E-state index in [2.05, 4.69) is 4.98 Å². The Morgan fingerprint density at radius 2 is 1.97 bits per heavy atom. The molecule has 2 unspecified atom stereocenters. The molecule has 34 heavy (non-hydrogen) atoms. The lowest BCUT2D eigenvalue weighted by molar-refractivity contribution is -0.143. The normalized spacial score (nSPS) is 17.8. The Labute approximate surface area is 197 Å². The molecule has 1 aliphatic carbocycles. The van der Waals surface area contributed by atoms with E-state index in [4.69, 9.17) is 9.47 Å². The number of hydrogen-bond donors (Lipinski definition) is 1. The number of aryl methyl sites for hydroxylation is 1. The Bertz CT molecular complexity index is 1050. The third-order valence-electron chi connectivity index (χ3n) is 5.99. The number of aliphatic carboxylic acids is 1. The summed E-state index contributed by atoms with van der Waals surface area (Å²) in [4.78, 5) is 29.3. The molecule has 0 spiro atoms. The second-order valence-electron chi connectivity index (χ2n) is 8.59. The smallest absolute Gasteiger partial charge is 0.409 e. The number of carbonyl (C=O) groups excluding carboxylic acids is 1. The van der Waals surface area contributed by atoms with Crippen LogP contribution in [0, 0.1) is 24.5 Å². The average Bonchev–Trinajstić information content (AvgIpc) is 2.81. The lowest BCUT2D eigenvalue weighted by Gasteiger charge is -2.27. The van der Waals surface area contributed by atoms with Gasteiger partial charge in [0.05, 0.1) is 23.4 Å². The molecule has 2 atom stereocenters. The Hall–Kier alpha value is -3.23. The summed E-state index contributed by atoms with van der Waals surface area (Å²) in [5.74, 6) is -2.86. The van der Waals surface area contributed by atoms with E-state index in [9.17, 15) is 23.5 Å². The van der Waals surface area contributed by atoms with Crippen LogP contribution < -0.4 is 4.74 Å². The van der Waals surface area contributed by atoms with Crippen molar-refractivity contribution >= 4 is 12.1 Å². The van der Waals surface area contributed by atoms with Gasteiger partial charge in [0.15, 0.2) is 11.6 Å². The lowest BCUT2D eigenvalue weighted by atomic mass is 9.87. The first-order valence-electron chi connectivity index (χ1n) is 11.4. The highest BCUT2D eigenvalue weighted by Crippen LogP contribution is 2.32. The second-order valence-corrected chi connectivity index (χ2v) is 8.59. The van der Waals surface area contributed by atoms with Crippen LogP contribution in [-0.2, 0) is 16.1 Å². The first-order chi connectivity index (χ1) is 16.2. The minimum atomic E-state index is -1.09. The van der Waals surface area contributed by atoms with Crippen molar-refractivity contribution in [2.75, 3.05) is 13.6 Å². The summed E-state index contributed by atoms with van der Waals surface area (Å²) in [6.07, 6.45) is 2.49. The molecule has 3 rings (SSSR count). The predicted octanol–water partition coefficient (Wildman–Crippen LogP) is 5.34. The summed E-state index contributed by atoms with van der Waals surface area (Å²) in [6.45, 7) is 3.68. The molecule has 0 radical (unpaired) electrons. The molecule has 184 valence electrons. The maximum absolute atomic E-state index is 14.7. The van der Waals surface area contributed by atoms with Crippen molar-refractivity contribution < 1.29 is 33.0 Å². The fourth-order valence-corrected chi connectivity index (χ4v) is 4.12. The van der Waals surface area contributed by atoms with Crippen molar-refractivity contribution in [3.63, 3.8) is 0 Å². The Morgan fingerprint density at radius 1 is 1.21 bits per heavy atom. The van der Waals surface area contributed by atoms with Crippen LogP contribution in [0.15, 0.2) is 24.3 Å². The van der Waals surface area contributed by atoms with Crippen molar-refractivity contribution in [1.82, 2.24) is 9.88 Å². The molecule has 1 aromatic heterocycles. The van der Waals surface area contributed by atoms with Crippen molar-refractivity contribution in [2.45, 2.75) is 58.7 Å². The first-order valence-corrected chi connectivity index (χ1v) is 11.4. The molecule has 1 saturated carbocycles. The molecule has 0 bridgehead atoms. The highest BCUT2D eigenvalue weighted by Gasteiger charge is 2.28. The van der Waals surface area contributed by atoms with Crippen molar-refractivity contribution in [2.24, 2.45) is 5.92 Å². The summed E-state index contributed by atoms with van der Waals surface area (Å²) in [5.41, 5.74) is 1.12. The van der Waals surface area contributed by atoms with Gasteiger partial charge in [0.25, 0.3) is 0 Å². The maximum Gasteiger partial charge on any atom is 0.409 e. The second kappa shape index (κ2) is 11.3. The average molecular weight is 477 g/mol. The van der Waals surface area contributed by atoms with Crippen LogP contribution >= 0.6 is 0 Å². The zero-order valence-corrected chi connectivity index (χ0v) is 19.6. The van der Waals surface area contributed by atoms with E-state index < -0.39 is 36.2 Å². The number of aromatic nitrogens is 1. The van der Waals surface area contributed by atoms with Gasteiger partial charge >= 0.3 is 12.1 Å². The van der Waals surface area contributed by atoms with E-state index in [0.717, 1.165) is 25.3 Å². The number of carbonyl (C=O) groups is 2. The standard InChI is InChI=1S/C25H30F2N2O5/c1-4-12-29(3)25(32)33-14-19-18(8-9-20(26)23(19)27)21-10-11-22(15(2)28-21)34-17-7-5-6-16(13-17)24(30)31/h8-11,16-17H,4-7,12-14H2,1-3H3,(H,30,31). The number of rotatable bonds is 8. The Balaban J connectivity index is 1.80. The molecule has 1 amide bonds. The van der Waals surface area contributed by atoms with Crippen LogP contribution in [0.4, 0.5) is 13.6 Å². The zero-order chi connectivity index (χ0) is 24.8. The van der Waals surface area contributed by atoms with Gasteiger partial charge in [-0.25, -0.2) is 18.6 Å². The van der Waals surface area contributed by atoms with E-state index in [0.29, 0.717) is 42.1 Å². The zero-order valence-electron chi connectivity index (χ0n) is 19.6. The number of halogens is 2. The van der Waals surface area contributed by atoms with E-state index in [1.54, 1.807) is 26.1 Å². The van der Waals surface area contributed by atoms with Gasteiger partial charge < -0.3 is 19.5 Å². The molecule has 0 aliphatic heterocycles. The Kier molecular flexibility index (Phi) is 8.41. The molecule has 0 saturated heterocycles. The van der Waals surface area contributed by atoms with Gasteiger partial charge in [-0.1, -0.05) is 6.92 Å². The molecule has 1 fully saturated rings. The Morgan fingerprint density at radius 3 is 2.65 bits per heavy atom. The molecule has 9 heteroatoms. The van der Waals surface area contributed by atoms with Crippen LogP contribution in [0.5, 0.6) is 5.75 Å². The topological polar surface area (TPSA) is 89.0 Å². The van der Waals surface area contributed by atoms with Gasteiger partial charge in [-0.15, -0.1) is 0 Å². The molecule has 2 aromatic rings.